The Morgan fingerprint density at radius 1 is 1.05 bits per heavy atom. The van der Waals surface area contributed by atoms with Crippen LogP contribution in [0.3, 0.4) is 0 Å². The molecule has 2 unspecified atom stereocenters. The summed E-state index contributed by atoms with van der Waals surface area (Å²) >= 11 is 0. The largest absolute Gasteiger partial charge is 0.373 e. The Kier molecular flexibility index (Phi) is 5.32. The molecular formula is C19H29NO. The van der Waals surface area contributed by atoms with Crippen molar-refractivity contribution in [2.24, 2.45) is 11.7 Å². The monoisotopic (exact) mass is 287 g/mol. The summed E-state index contributed by atoms with van der Waals surface area (Å²) in [4.78, 5) is 0. The predicted molar refractivity (Wildman–Crippen MR) is 87.2 cm³/mol. The van der Waals surface area contributed by atoms with Crippen LogP contribution in [0.1, 0.15) is 68.6 Å². The Bertz CT molecular complexity index is 437. The number of fused-ring (bicyclic) bond motifs is 1. The maximum atomic E-state index is 6.58. The Balaban J connectivity index is 1.63. The van der Waals surface area contributed by atoms with Gasteiger partial charge in [-0.05, 0) is 42.7 Å². The molecule has 116 valence electrons. The molecular weight excluding hydrogens is 258 g/mol. The van der Waals surface area contributed by atoms with Gasteiger partial charge in [-0.3, -0.25) is 0 Å². The van der Waals surface area contributed by atoms with Crippen molar-refractivity contribution in [1.82, 2.24) is 0 Å². The maximum absolute atomic E-state index is 6.58. The molecule has 1 aliphatic heterocycles. The highest BCUT2D eigenvalue weighted by molar-refractivity contribution is 5.31. The van der Waals surface area contributed by atoms with E-state index in [9.17, 15) is 0 Å². The van der Waals surface area contributed by atoms with E-state index in [4.69, 9.17) is 10.5 Å². The molecule has 2 atom stereocenters. The molecule has 0 radical (unpaired) electrons. The average molecular weight is 287 g/mol. The second-order valence-corrected chi connectivity index (χ2v) is 6.81. The van der Waals surface area contributed by atoms with Crippen LogP contribution in [0.5, 0.6) is 0 Å². The highest BCUT2D eigenvalue weighted by Gasteiger charge is 2.26. The molecule has 1 heterocycles. The van der Waals surface area contributed by atoms with Crippen molar-refractivity contribution in [3.05, 3.63) is 35.4 Å². The van der Waals surface area contributed by atoms with E-state index in [1.165, 1.54) is 56.1 Å². The van der Waals surface area contributed by atoms with Crippen molar-refractivity contribution in [3.8, 4) is 0 Å². The molecule has 0 aromatic heterocycles. The lowest BCUT2D eigenvalue weighted by Gasteiger charge is -2.32. The molecule has 1 fully saturated rings. The summed E-state index contributed by atoms with van der Waals surface area (Å²) in [6.07, 6.45) is 11.8. The fourth-order valence-corrected chi connectivity index (χ4v) is 4.03. The first-order valence-electron chi connectivity index (χ1n) is 8.79. The minimum atomic E-state index is 0.218. The molecule has 1 saturated carbocycles. The number of benzene rings is 1. The second kappa shape index (κ2) is 7.42. The second-order valence-electron chi connectivity index (χ2n) is 6.81. The van der Waals surface area contributed by atoms with Gasteiger partial charge in [-0.25, -0.2) is 0 Å². The minimum Gasteiger partial charge on any atom is -0.373 e. The van der Waals surface area contributed by atoms with Gasteiger partial charge in [0, 0.05) is 6.04 Å². The fourth-order valence-electron chi connectivity index (χ4n) is 4.03. The van der Waals surface area contributed by atoms with Gasteiger partial charge in [-0.1, -0.05) is 56.4 Å². The quantitative estimate of drug-likeness (QED) is 0.895. The molecule has 2 nitrogen and oxygen atoms in total. The van der Waals surface area contributed by atoms with Crippen molar-refractivity contribution >= 4 is 0 Å². The van der Waals surface area contributed by atoms with Crippen LogP contribution in [0.2, 0.25) is 0 Å². The first-order valence-corrected chi connectivity index (χ1v) is 8.79. The number of hydrogen-bond acceptors (Lipinski definition) is 2. The zero-order valence-corrected chi connectivity index (χ0v) is 13.1. The third kappa shape index (κ3) is 3.87. The Morgan fingerprint density at radius 2 is 1.76 bits per heavy atom. The zero-order valence-electron chi connectivity index (χ0n) is 13.1. The summed E-state index contributed by atoms with van der Waals surface area (Å²) in [5.41, 5.74) is 9.41. The van der Waals surface area contributed by atoms with Gasteiger partial charge in [0.2, 0.25) is 0 Å². The van der Waals surface area contributed by atoms with E-state index in [1.54, 1.807) is 0 Å². The number of nitrogens with two attached hydrogens (primary N) is 1. The van der Waals surface area contributed by atoms with Crippen LogP contribution in [0.4, 0.5) is 0 Å². The van der Waals surface area contributed by atoms with E-state index in [1.807, 2.05) is 0 Å². The summed E-state index contributed by atoms with van der Waals surface area (Å²) in [6.45, 7) is 0.846. The minimum absolute atomic E-state index is 0.218. The van der Waals surface area contributed by atoms with E-state index in [-0.39, 0.29) is 6.10 Å². The molecule has 1 aromatic carbocycles. The van der Waals surface area contributed by atoms with Gasteiger partial charge < -0.3 is 10.5 Å². The molecule has 0 spiro atoms. The van der Waals surface area contributed by atoms with Crippen LogP contribution < -0.4 is 5.73 Å². The van der Waals surface area contributed by atoms with E-state index >= 15 is 0 Å². The molecule has 2 aliphatic rings. The van der Waals surface area contributed by atoms with Crippen LogP contribution in [0, 0.1) is 5.92 Å². The van der Waals surface area contributed by atoms with Gasteiger partial charge >= 0.3 is 0 Å². The summed E-state index contributed by atoms with van der Waals surface area (Å²) in [6, 6.07) is 9.02. The van der Waals surface area contributed by atoms with Gasteiger partial charge in [0.15, 0.2) is 0 Å². The SMILES string of the molecule is NC(CC1OCCc2ccccc21)C1CCCCCCC1. The smallest absolute Gasteiger partial charge is 0.0842 e. The molecule has 2 N–H and O–H groups in total. The maximum Gasteiger partial charge on any atom is 0.0842 e. The summed E-state index contributed by atoms with van der Waals surface area (Å²) in [5, 5.41) is 0. The summed E-state index contributed by atoms with van der Waals surface area (Å²) in [7, 11) is 0. The molecule has 0 amide bonds. The third-order valence-corrected chi connectivity index (χ3v) is 5.33. The van der Waals surface area contributed by atoms with Crippen LogP contribution in [-0.4, -0.2) is 12.6 Å². The molecule has 1 aliphatic carbocycles. The lowest BCUT2D eigenvalue weighted by atomic mass is 9.82. The average Bonchev–Trinajstić information content (AvgIpc) is 2.47. The standard InChI is InChI=1S/C19H29NO/c20-18(16-9-4-2-1-3-5-10-16)14-19-17-11-7-6-8-15(17)12-13-21-19/h6-8,11,16,18-19H,1-5,9-10,12-14,20H2. The topological polar surface area (TPSA) is 35.2 Å². The van der Waals surface area contributed by atoms with E-state index < -0.39 is 0 Å². The lowest BCUT2D eigenvalue weighted by molar-refractivity contribution is 0.0268. The predicted octanol–water partition coefficient (Wildman–Crippen LogP) is 4.38. The van der Waals surface area contributed by atoms with Crippen LogP contribution in [0.25, 0.3) is 0 Å². The van der Waals surface area contributed by atoms with Crippen molar-refractivity contribution in [2.75, 3.05) is 6.61 Å². The number of ether oxygens (including phenoxy) is 1. The van der Waals surface area contributed by atoms with Crippen LogP contribution in [0.15, 0.2) is 24.3 Å². The highest BCUT2D eigenvalue weighted by Crippen LogP contribution is 2.33. The molecule has 0 bridgehead atoms. The first-order chi connectivity index (χ1) is 10.3. The summed E-state index contributed by atoms with van der Waals surface area (Å²) < 4.78 is 6.04. The molecule has 3 rings (SSSR count). The van der Waals surface area contributed by atoms with Crippen molar-refractivity contribution < 1.29 is 4.74 Å². The van der Waals surface area contributed by atoms with Gasteiger partial charge in [0.25, 0.3) is 0 Å². The third-order valence-electron chi connectivity index (χ3n) is 5.33. The fraction of sp³-hybridized carbons (Fsp3) is 0.684. The molecule has 0 saturated heterocycles. The van der Waals surface area contributed by atoms with Gasteiger partial charge in [-0.2, -0.15) is 0 Å². The van der Waals surface area contributed by atoms with Crippen molar-refractivity contribution in [2.45, 2.75) is 69.9 Å². The van der Waals surface area contributed by atoms with Gasteiger partial charge in [0.1, 0.15) is 0 Å². The molecule has 21 heavy (non-hydrogen) atoms. The molecule has 2 heteroatoms. The van der Waals surface area contributed by atoms with Gasteiger partial charge in [-0.15, -0.1) is 0 Å². The zero-order chi connectivity index (χ0) is 14.5. The first kappa shape index (κ1) is 15.1. The number of rotatable bonds is 3. The Labute approximate surface area is 129 Å². The Morgan fingerprint density at radius 3 is 2.57 bits per heavy atom. The normalized spacial score (nSPS) is 25.7. The summed E-state index contributed by atoms with van der Waals surface area (Å²) in [5.74, 6) is 0.697. The van der Waals surface area contributed by atoms with Crippen molar-refractivity contribution in [3.63, 3.8) is 0 Å². The van der Waals surface area contributed by atoms with E-state index in [2.05, 4.69) is 24.3 Å². The molecule has 1 aromatic rings. The van der Waals surface area contributed by atoms with Crippen molar-refractivity contribution in [1.29, 1.82) is 0 Å². The van der Waals surface area contributed by atoms with Crippen LogP contribution >= 0.6 is 0 Å². The Hall–Kier alpha value is -0.860. The highest BCUT2D eigenvalue weighted by atomic mass is 16.5. The van der Waals surface area contributed by atoms with Crippen LogP contribution in [-0.2, 0) is 11.2 Å². The van der Waals surface area contributed by atoms with Gasteiger partial charge in [0.05, 0.1) is 12.7 Å². The lowest BCUT2D eigenvalue weighted by Crippen LogP contribution is -2.34. The number of hydrogen-bond donors (Lipinski definition) is 1. The van der Waals surface area contributed by atoms with E-state index in [0.717, 1.165) is 19.4 Å². The van der Waals surface area contributed by atoms with E-state index in [0.29, 0.717) is 12.0 Å².